The van der Waals surface area contributed by atoms with Gasteiger partial charge in [0.05, 0.1) is 25.9 Å². The predicted molar refractivity (Wildman–Crippen MR) is 105 cm³/mol. The Hall–Kier alpha value is -3.48. The van der Waals surface area contributed by atoms with Crippen LogP contribution in [0.2, 0.25) is 0 Å². The van der Waals surface area contributed by atoms with E-state index in [9.17, 15) is 14.7 Å². The largest absolute Gasteiger partial charge is 0.496 e. The lowest BCUT2D eigenvalue weighted by Gasteiger charge is -2.12. The van der Waals surface area contributed by atoms with E-state index in [1.165, 1.54) is 13.2 Å². The monoisotopic (exact) mass is 385 g/mol. The SMILES string of the molecule is CCOc1ccc(/C=C(/NC(=O)c2ccccc2OC)C(=O)O)cc1OCC. The van der Waals surface area contributed by atoms with Gasteiger partial charge in [-0.2, -0.15) is 0 Å². The van der Waals surface area contributed by atoms with Crippen molar-refractivity contribution in [3.63, 3.8) is 0 Å². The quantitative estimate of drug-likeness (QED) is 0.643. The Morgan fingerprint density at radius 2 is 1.68 bits per heavy atom. The molecule has 2 rings (SSSR count). The van der Waals surface area contributed by atoms with E-state index in [-0.39, 0.29) is 11.3 Å². The Balaban J connectivity index is 2.33. The van der Waals surface area contributed by atoms with Crippen LogP contribution in [0.5, 0.6) is 17.2 Å². The number of ether oxygens (including phenoxy) is 3. The van der Waals surface area contributed by atoms with E-state index in [0.717, 1.165) is 0 Å². The van der Waals surface area contributed by atoms with Crippen LogP contribution in [-0.4, -0.2) is 37.3 Å². The second-order valence-corrected chi connectivity index (χ2v) is 5.59. The first-order valence-corrected chi connectivity index (χ1v) is 8.79. The number of amides is 1. The van der Waals surface area contributed by atoms with E-state index < -0.39 is 11.9 Å². The first-order chi connectivity index (χ1) is 13.5. The molecule has 7 heteroatoms. The van der Waals surface area contributed by atoms with Crippen molar-refractivity contribution in [3.05, 3.63) is 59.3 Å². The number of hydrogen-bond acceptors (Lipinski definition) is 5. The van der Waals surface area contributed by atoms with Crippen LogP contribution in [0, 0.1) is 0 Å². The number of carbonyl (C=O) groups excluding carboxylic acids is 1. The van der Waals surface area contributed by atoms with Crippen LogP contribution < -0.4 is 19.5 Å². The molecule has 0 bridgehead atoms. The van der Waals surface area contributed by atoms with Crippen molar-refractivity contribution in [2.24, 2.45) is 0 Å². The van der Waals surface area contributed by atoms with Crippen molar-refractivity contribution in [2.45, 2.75) is 13.8 Å². The highest BCUT2D eigenvalue weighted by Gasteiger charge is 2.17. The van der Waals surface area contributed by atoms with Crippen LogP contribution in [0.25, 0.3) is 6.08 Å². The number of hydrogen-bond donors (Lipinski definition) is 2. The highest BCUT2D eigenvalue weighted by molar-refractivity contribution is 6.04. The van der Waals surface area contributed by atoms with Crippen LogP contribution >= 0.6 is 0 Å². The highest BCUT2D eigenvalue weighted by Crippen LogP contribution is 2.29. The third-order valence-electron chi connectivity index (χ3n) is 3.71. The average molecular weight is 385 g/mol. The molecular formula is C21H23NO6. The van der Waals surface area contributed by atoms with Gasteiger partial charge in [-0.15, -0.1) is 0 Å². The molecular weight excluding hydrogens is 362 g/mol. The fraction of sp³-hybridized carbons (Fsp3) is 0.238. The Morgan fingerprint density at radius 1 is 1.00 bits per heavy atom. The Kier molecular flexibility index (Phi) is 7.45. The molecule has 0 aromatic heterocycles. The number of benzene rings is 2. The summed E-state index contributed by atoms with van der Waals surface area (Å²) in [5.74, 6) is -0.433. The smallest absolute Gasteiger partial charge is 0.352 e. The van der Waals surface area contributed by atoms with E-state index in [4.69, 9.17) is 14.2 Å². The lowest BCUT2D eigenvalue weighted by atomic mass is 10.1. The summed E-state index contributed by atoms with van der Waals surface area (Å²) in [6.45, 7) is 4.61. The molecule has 0 aliphatic rings. The molecule has 0 saturated carbocycles. The summed E-state index contributed by atoms with van der Waals surface area (Å²) < 4.78 is 16.2. The molecule has 0 fully saturated rings. The molecule has 0 unspecified atom stereocenters. The van der Waals surface area contributed by atoms with Gasteiger partial charge < -0.3 is 24.6 Å². The maximum atomic E-state index is 12.5. The van der Waals surface area contributed by atoms with E-state index in [1.807, 2.05) is 13.8 Å². The Labute approximate surface area is 163 Å². The van der Waals surface area contributed by atoms with Crippen molar-refractivity contribution < 1.29 is 28.9 Å². The van der Waals surface area contributed by atoms with Gasteiger partial charge in [-0.05, 0) is 49.8 Å². The molecule has 1 amide bonds. The van der Waals surface area contributed by atoms with Gasteiger partial charge in [-0.25, -0.2) is 4.79 Å². The van der Waals surface area contributed by atoms with E-state index in [0.29, 0.717) is 36.0 Å². The second-order valence-electron chi connectivity index (χ2n) is 5.59. The lowest BCUT2D eigenvalue weighted by molar-refractivity contribution is -0.132. The van der Waals surface area contributed by atoms with Crippen molar-refractivity contribution in [3.8, 4) is 17.2 Å². The maximum absolute atomic E-state index is 12.5. The van der Waals surface area contributed by atoms with Crippen LogP contribution in [0.4, 0.5) is 0 Å². The zero-order valence-electron chi connectivity index (χ0n) is 16.0. The summed E-state index contributed by atoms with van der Waals surface area (Å²) in [4.78, 5) is 24.1. The maximum Gasteiger partial charge on any atom is 0.352 e. The van der Waals surface area contributed by atoms with Gasteiger partial charge in [0.2, 0.25) is 0 Å². The number of methoxy groups -OCH3 is 1. The van der Waals surface area contributed by atoms with Gasteiger partial charge in [0.15, 0.2) is 11.5 Å². The molecule has 7 nitrogen and oxygen atoms in total. The summed E-state index contributed by atoms with van der Waals surface area (Å²) in [5, 5.41) is 11.9. The summed E-state index contributed by atoms with van der Waals surface area (Å²) in [5.41, 5.74) is 0.506. The first kappa shape index (κ1) is 20.8. The fourth-order valence-corrected chi connectivity index (χ4v) is 2.50. The molecule has 0 atom stereocenters. The van der Waals surface area contributed by atoms with Gasteiger partial charge in [-0.1, -0.05) is 18.2 Å². The fourth-order valence-electron chi connectivity index (χ4n) is 2.50. The van der Waals surface area contributed by atoms with Gasteiger partial charge >= 0.3 is 5.97 Å². The predicted octanol–water partition coefficient (Wildman–Crippen LogP) is 3.35. The van der Waals surface area contributed by atoms with Gasteiger partial charge in [-0.3, -0.25) is 4.79 Å². The number of aliphatic carboxylic acids is 1. The van der Waals surface area contributed by atoms with E-state index in [1.54, 1.807) is 42.5 Å². The van der Waals surface area contributed by atoms with Crippen LogP contribution in [0.15, 0.2) is 48.2 Å². The molecule has 0 aliphatic carbocycles. The molecule has 0 heterocycles. The van der Waals surface area contributed by atoms with Crippen molar-refractivity contribution in [2.75, 3.05) is 20.3 Å². The third-order valence-corrected chi connectivity index (χ3v) is 3.71. The summed E-state index contributed by atoms with van der Waals surface area (Å²) >= 11 is 0. The minimum Gasteiger partial charge on any atom is -0.496 e. The minimum atomic E-state index is -1.27. The molecule has 2 aromatic rings. The first-order valence-electron chi connectivity index (χ1n) is 8.79. The zero-order valence-corrected chi connectivity index (χ0v) is 16.0. The molecule has 0 spiro atoms. The molecule has 0 aliphatic heterocycles. The number of carboxylic acids is 1. The van der Waals surface area contributed by atoms with Crippen LogP contribution in [0.1, 0.15) is 29.8 Å². The standard InChI is InChI=1S/C21H23NO6/c1-4-27-18-11-10-14(13-19(18)28-5-2)12-16(21(24)25)22-20(23)15-8-6-7-9-17(15)26-3/h6-13H,4-5H2,1-3H3,(H,22,23)(H,24,25)/b16-12+. The summed E-state index contributed by atoms with van der Waals surface area (Å²) in [6.07, 6.45) is 1.36. The van der Waals surface area contributed by atoms with Gasteiger partial charge in [0.25, 0.3) is 5.91 Å². The minimum absolute atomic E-state index is 0.235. The number of nitrogens with one attached hydrogen (secondary N) is 1. The van der Waals surface area contributed by atoms with Crippen molar-refractivity contribution in [1.29, 1.82) is 0 Å². The van der Waals surface area contributed by atoms with Crippen LogP contribution in [0.3, 0.4) is 0 Å². The van der Waals surface area contributed by atoms with Crippen molar-refractivity contribution in [1.82, 2.24) is 5.32 Å². The normalized spacial score (nSPS) is 10.9. The van der Waals surface area contributed by atoms with Gasteiger partial charge in [0, 0.05) is 0 Å². The highest BCUT2D eigenvalue weighted by atomic mass is 16.5. The molecule has 28 heavy (non-hydrogen) atoms. The second kappa shape index (κ2) is 10.0. The topological polar surface area (TPSA) is 94.1 Å². The van der Waals surface area contributed by atoms with Crippen molar-refractivity contribution >= 4 is 18.0 Å². The number of rotatable bonds is 9. The molecule has 0 saturated heterocycles. The molecule has 148 valence electrons. The van der Waals surface area contributed by atoms with Crippen LogP contribution in [-0.2, 0) is 4.79 Å². The lowest BCUT2D eigenvalue weighted by Crippen LogP contribution is -2.27. The van der Waals surface area contributed by atoms with E-state index >= 15 is 0 Å². The molecule has 2 aromatic carbocycles. The Bertz CT molecular complexity index is 875. The Morgan fingerprint density at radius 3 is 2.32 bits per heavy atom. The average Bonchev–Trinajstić information content (AvgIpc) is 2.69. The number of carbonyl (C=O) groups is 2. The number of carboxylic acid groups (broad SMARTS) is 1. The number of para-hydroxylation sites is 1. The summed E-state index contributed by atoms with van der Waals surface area (Å²) in [6, 6.07) is 11.6. The van der Waals surface area contributed by atoms with E-state index in [2.05, 4.69) is 5.32 Å². The zero-order chi connectivity index (χ0) is 20.5. The molecule has 0 radical (unpaired) electrons. The third kappa shape index (κ3) is 5.26. The van der Waals surface area contributed by atoms with Gasteiger partial charge in [0.1, 0.15) is 11.4 Å². The summed E-state index contributed by atoms with van der Waals surface area (Å²) in [7, 11) is 1.44. The molecule has 2 N–H and O–H groups in total.